The fraction of sp³-hybridized carbons (Fsp3) is 0.467. The number of para-hydroxylation sites is 1. The van der Waals surface area contributed by atoms with E-state index in [0.29, 0.717) is 18.2 Å². The largest absolute Gasteiger partial charge is 0.344 e. The summed E-state index contributed by atoms with van der Waals surface area (Å²) in [5.41, 5.74) is 6.69. The first-order valence-corrected chi connectivity index (χ1v) is 6.91. The van der Waals surface area contributed by atoms with Crippen molar-refractivity contribution in [2.45, 2.75) is 32.7 Å². The van der Waals surface area contributed by atoms with Crippen molar-refractivity contribution in [2.75, 3.05) is 6.54 Å². The molecule has 5 nitrogen and oxygen atoms in total. The van der Waals surface area contributed by atoms with E-state index in [0.717, 1.165) is 17.3 Å². The zero-order valence-corrected chi connectivity index (χ0v) is 13.5. The zero-order chi connectivity index (χ0) is 14.8. The number of hydrogen-bond donors (Lipinski definition) is 3. The molecule has 6 heteroatoms. The van der Waals surface area contributed by atoms with Gasteiger partial charge in [0, 0.05) is 11.9 Å². The van der Waals surface area contributed by atoms with E-state index >= 15 is 0 Å². The normalized spacial score (nSPS) is 13.8. The minimum Gasteiger partial charge on any atom is -0.344 e. The Morgan fingerprint density at radius 1 is 1.43 bits per heavy atom. The Hall–Kier alpha value is -1.59. The van der Waals surface area contributed by atoms with Gasteiger partial charge >= 0.3 is 0 Å². The molecule has 2 aromatic rings. The van der Waals surface area contributed by atoms with E-state index in [1.807, 2.05) is 31.2 Å². The number of nitrogens with two attached hydrogens (primary N) is 1. The molecule has 21 heavy (non-hydrogen) atoms. The first-order valence-electron chi connectivity index (χ1n) is 6.91. The second kappa shape index (κ2) is 6.91. The van der Waals surface area contributed by atoms with Gasteiger partial charge in [-0.2, -0.15) is 5.10 Å². The third kappa shape index (κ3) is 3.95. The number of halogens is 1. The molecule has 0 spiro atoms. The van der Waals surface area contributed by atoms with Gasteiger partial charge in [-0.15, -0.1) is 12.4 Å². The number of fused-ring (bicyclic) bond motifs is 1. The molecular formula is C15H23ClN4O. The molecule has 1 atom stereocenters. The van der Waals surface area contributed by atoms with Crippen LogP contribution in [0.2, 0.25) is 0 Å². The molecule has 0 saturated carbocycles. The van der Waals surface area contributed by atoms with E-state index in [-0.39, 0.29) is 18.3 Å². The highest BCUT2D eigenvalue weighted by Crippen LogP contribution is 2.19. The number of aromatic nitrogens is 2. The lowest BCUT2D eigenvalue weighted by molar-refractivity contribution is 0.0894. The molecule has 0 aliphatic heterocycles. The van der Waals surface area contributed by atoms with Crippen molar-refractivity contribution in [2.24, 2.45) is 11.7 Å². The van der Waals surface area contributed by atoms with Crippen LogP contribution in [0.4, 0.5) is 0 Å². The van der Waals surface area contributed by atoms with Crippen molar-refractivity contribution >= 4 is 29.2 Å². The maximum absolute atomic E-state index is 12.4. The fourth-order valence-electron chi connectivity index (χ4n) is 2.56. The molecule has 1 heterocycles. The molecule has 0 bridgehead atoms. The number of H-pyrrole nitrogens is 1. The first-order chi connectivity index (χ1) is 9.45. The van der Waals surface area contributed by atoms with Gasteiger partial charge in [-0.3, -0.25) is 9.89 Å². The van der Waals surface area contributed by atoms with Crippen LogP contribution in [-0.2, 0) is 0 Å². The smallest absolute Gasteiger partial charge is 0.272 e. The van der Waals surface area contributed by atoms with Crippen molar-refractivity contribution < 1.29 is 4.79 Å². The fourth-order valence-corrected chi connectivity index (χ4v) is 2.56. The van der Waals surface area contributed by atoms with Crippen molar-refractivity contribution in [3.8, 4) is 0 Å². The topological polar surface area (TPSA) is 83.8 Å². The summed E-state index contributed by atoms with van der Waals surface area (Å²) in [5, 5.41) is 10.8. The Labute approximate surface area is 131 Å². The number of aromatic amines is 1. The summed E-state index contributed by atoms with van der Waals surface area (Å²) in [5.74, 6) is 0.274. The number of carbonyl (C=O) groups is 1. The molecule has 1 amide bonds. The summed E-state index contributed by atoms with van der Waals surface area (Å²) in [6.45, 7) is 6.60. The quantitative estimate of drug-likeness (QED) is 0.793. The highest BCUT2D eigenvalue weighted by atomic mass is 35.5. The lowest BCUT2D eigenvalue weighted by Gasteiger charge is -2.30. The monoisotopic (exact) mass is 310 g/mol. The lowest BCUT2D eigenvalue weighted by atomic mass is 9.90. The number of carbonyl (C=O) groups excluding carboxylic acids is 1. The van der Waals surface area contributed by atoms with Crippen LogP contribution in [0.1, 0.15) is 37.7 Å². The van der Waals surface area contributed by atoms with Gasteiger partial charge in [0.25, 0.3) is 5.91 Å². The average molecular weight is 311 g/mol. The second-order valence-corrected chi connectivity index (χ2v) is 5.93. The molecule has 1 unspecified atom stereocenters. The summed E-state index contributed by atoms with van der Waals surface area (Å²) < 4.78 is 0. The molecule has 4 N–H and O–H groups in total. The third-order valence-electron chi connectivity index (χ3n) is 3.41. The SMILES string of the molecule is CC(C)CC(C)(CN)NC(=O)c1n[nH]c2ccccc12.Cl. The number of hydrogen-bond acceptors (Lipinski definition) is 3. The highest BCUT2D eigenvalue weighted by Gasteiger charge is 2.27. The minimum absolute atomic E-state index is 0. The molecule has 1 aromatic carbocycles. The van der Waals surface area contributed by atoms with Gasteiger partial charge in [0.15, 0.2) is 5.69 Å². The maximum atomic E-state index is 12.4. The molecule has 116 valence electrons. The summed E-state index contributed by atoms with van der Waals surface area (Å²) >= 11 is 0. The van der Waals surface area contributed by atoms with Crippen LogP contribution < -0.4 is 11.1 Å². The van der Waals surface area contributed by atoms with Crippen molar-refractivity contribution in [1.29, 1.82) is 0 Å². The summed E-state index contributed by atoms with van der Waals surface area (Å²) in [6.07, 6.45) is 0.831. The predicted molar refractivity (Wildman–Crippen MR) is 87.7 cm³/mol. The van der Waals surface area contributed by atoms with Crippen LogP contribution in [0.5, 0.6) is 0 Å². The summed E-state index contributed by atoms with van der Waals surface area (Å²) in [6, 6.07) is 7.58. The second-order valence-electron chi connectivity index (χ2n) is 5.93. The standard InChI is InChI=1S/C15H22N4O.ClH/c1-10(2)8-15(3,9-16)17-14(20)13-11-6-4-5-7-12(11)18-19-13;/h4-7,10H,8-9,16H2,1-3H3,(H,17,20)(H,18,19);1H. The number of amides is 1. The predicted octanol–water partition coefficient (Wildman–Crippen LogP) is 2.48. The average Bonchev–Trinajstić information content (AvgIpc) is 2.81. The van der Waals surface area contributed by atoms with Gasteiger partial charge in [-0.05, 0) is 25.3 Å². The summed E-state index contributed by atoms with van der Waals surface area (Å²) in [7, 11) is 0. The number of nitrogens with one attached hydrogen (secondary N) is 2. The Morgan fingerprint density at radius 3 is 2.71 bits per heavy atom. The van der Waals surface area contributed by atoms with Gasteiger partial charge < -0.3 is 11.1 Å². The van der Waals surface area contributed by atoms with E-state index in [4.69, 9.17) is 5.73 Å². The van der Waals surface area contributed by atoms with E-state index in [1.54, 1.807) is 0 Å². The van der Waals surface area contributed by atoms with E-state index in [9.17, 15) is 4.79 Å². The van der Waals surface area contributed by atoms with Crippen molar-refractivity contribution in [1.82, 2.24) is 15.5 Å². The van der Waals surface area contributed by atoms with Gasteiger partial charge in [0.2, 0.25) is 0 Å². The minimum atomic E-state index is -0.411. The number of rotatable bonds is 5. The molecule has 0 aliphatic carbocycles. The van der Waals surface area contributed by atoms with Gasteiger partial charge in [0.1, 0.15) is 0 Å². The van der Waals surface area contributed by atoms with E-state index < -0.39 is 5.54 Å². The van der Waals surface area contributed by atoms with Crippen molar-refractivity contribution in [3.63, 3.8) is 0 Å². The molecule has 1 aromatic heterocycles. The first kappa shape index (κ1) is 17.5. The number of nitrogens with zero attached hydrogens (tertiary/aromatic N) is 1. The third-order valence-corrected chi connectivity index (χ3v) is 3.41. The molecular weight excluding hydrogens is 288 g/mol. The lowest BCUT2D eigenvalue weighted by Crippen LogP contribution is -2.52. The van der Waals surface area contributed by atoms with Crippen LogP contribution in [0.15, 0.2) is 24.3 Å². The van der Waals surface area contributed by atoms with Crippen LogP contribution in [0.3, 0.4) is 0 Å². The van der Waals surface area contributed by atoms with Gasteiger partial charge in [-0.1, -0.05) is 32.0 Å². The Morgan fingerprint density at radius 2 is 2.10 bits per heavy atom. The van der Waals surface area contributed by atoms with Crippen LogP contribution >= 0.6 is 12.4 Å². The Kier molecular flexibility index (Phi) is 5.75. The molecule has 0 radical (unpaired) electrons. The zero-order valence-electron chi connectivity index (χ0n) is 12.6. The molecule has 0 saturated heterocycles. The van der Waals surface area contributed by atoms with Gasteiger partial charge in [0.05, 0.1) is 11.1 Å². The molecule has 2 rings (SSSR count). The highest BCUT2D eigenvalue weighted by molar-refractivity contribution is 6.04. The maximum Gasteiger partial charge on any atom is 0.272 e. The number of benzene rings is 1. The van der Waals surface area contributed by atoms with Crippen LogP contribution in [-0.4, -0.2) is 28.2 Å². The van der Waals surface area contributed by atoms with Crippen LogP contribution in [0.25, 0.3) is 10.9 Å². The molecule has 0 aliphatic rings. The van der Waals surface area contributed by atoms with E-state index in [2.05, 4.69) is 29.4 Å². The van der Waals surface area contributed by atoms with Crippen LogP contribution in [0, 0.1) is 5.92 Å². The molecule has 0 fully saturated rings. The van der Waals surface area contributed by atoms with Crippen molar-refractivity contribution in [3.05, 3.63) is 30.0 Å². The Balaban J connectivity index is 0.00000220. The summed E-state index contributed by atoms with van der Waals surface area (Å²) in [4.78, 5) is 12.4. The Bertz CT molecular complexity index is 610. The van der Waals surface area contributed by atoms with Gasteiger partial charge in [-0.25, -0.2) is 0 Å². The van der Waals surface area contributed by atoms with E-state index in [1.165, 1.54) is 0 Å².